The molecule has 5 heteroatoms. The Morgan fingerprint density at radius 2 is 1.84 bits per heavy atom. The molecule has 5 nitrogen and oxygen atoms in total. The molecule has 0 bridgehead atoms. The van der Waals surface area contributed by atoms with E-state index in [1.807, 2.05) is 6.92 Å². The van der Waals surface area contributed by atoms with Gasteiger partial charge in [0.2, 0.25) is 0 Å². The zero-order valence-electron chi connectivity index (χ0n) is 10.7. The Balaban J connectivity index is 2.50. The van der Waals surface area contributed by atoms with Crippen molar-refractivity contribution in [3.05, 3.63) is 47.5 Å². The predicted molar refractivity (Wildman–Crippen MR) is 69.3 cm³/mol. The third-order valence-electron chi connectivity index (χ3n) is 2.19. The number of carboxylic acid groups (broad SMARTS) is 1. The van der Waals surface area contributed by atoms with Gasteiger partial charge in [0, 0.05) is 0 Å². The first-order valence-electron chi connectivity index (χ1n) is 5.74. The molecule has 0 amide bonds. The van der Waals surface area contributed by atoms with Gasteiger partial charge < -0.3 is 14.6 Å². The van der Waals surface area contributed by atoms with Gasteiger partial charge in [-0.3, -0.25) is 0 Å². The topological polar surface area (TPSA) is 72.8 Å². The molecule has 0 aliphatic carbocycles. The Morgan fingerprint density at radius 3 is 2.42 bits per heavy atom. The van der Waals surface area contributed by atoms with E-state index in [0.29, 0.717) is 6.61 Å². The number of rotatable bonds is 7. The summed E-state index contributed by atoms with van der Waals surface area (Å²) in [5, 5.41) is 8.94. The van der Waals surface area contributed by atoms with Gasteiger partial charge >= 0.3 is 11.9 Å². The average molecular weight is 264 g/mol. The van der Waals surface area contributed by atoms with Gasteiger partial charge in [-0.05, 0) is 19.1 Å². The molecule has 1 N–H and O–H groups in total. The Morgan fingerprint density at radius 1 is 1.21 bits per heavy atom. The lowest BCUT2D eigenvalue weighted by Gasteiger charge is -2.07. The summed E-state index contributed by atoms with van der Waals surface area (Å²) >= 11 is 0. The molecule has 0 aliphatic heterocycles. The fraction of sp³-hybridized carbons (Fsp3) is 0.286. The summed E-state index contributed by atoms with van der Waals surface area (Å²) in [6.07, 6.45) is 0. The van der Waals surface area contributed by atoms with Gasteiger partial charge in [-0.2, -0.15) is 0 Å². The van der Waals surface area contributed by atoms with Crippen LogP contribution in [0.2, 0.25) is 0 Å². The summed E-state index contributed by atoms with van der Waals surface area (Å²) in [6, 6.07) is 5.91. The summed E-state index contributed by atoms with van der Waals surface area (Å²) in [7, 11) is 0. The van der Waals surface area contributed by atoms with Gasteiger partial charge in [0.15, 0.2) is 0 Å². The van der Waals surface area contributed by atoms with Crippen molar-refractivity contribution in [2.24, 2.45) is 0 Å². The van der Waals surface area contributed by atoms with Gasteiger partial charge in [-0.15, -0.1) is 0 Å². The van der Waals surface area contributed by atoms with Crippen molar-refractivity contribution in [3.8, 4) is 0 Å². The largest absolute Gasteiger partial charge is 0.478 e. The van der Waals surface area contributed by atoms with Gasteiger partial charge in [0.05, 0.1) is 24.3 Å². The summed E-state index contributed by atoms with van der Waals surface area (Å²) in [5.74, 6) is -1.83. The molecule has 0 saturated heterocycles. The van der Waals surface area contributed by atoms with E-state index >= 15 is 0 Å². The first kappa shape index (κ1) is 14.9. The van der Waals surface area contributed by atoms with Crippen LogP contribution in [0, 0.1) is 0 Å². The highest BCUT2D eigenvalue weighted by atomic mass is 16.6. The molecule has 1 aromatic carbocycles. The lowest BCUT2D eigenvalue weighted by Crippen LogP contribution is -2.14. The maximum Gasteiger partial charge on any atom is 0.339 e. The fourth-order valence-corrected chi connectivity index (χ4v) is 1.37. The number of aromatic carboxylic acids is 1. The molecule has 102 valence electrons. The molecular weight excluding hydrogens is 248 g/mol. The Labute approximate surface area is 111 Å². The van der Waals surface area contributed by atoms with E-state index < -0.39 is 11.9 Å². The molecular formula is C14H16O5. The van der Waals surface area contributed by atoms with Crippen LogP contribution in [0.25, 0.3) is 0 Å². The van der Waals surface area contributed by atoms with Crippen LogP contribution in [0.5, 0.6) is 0 Å². The predicted octanol–water partition coefficient (Wildman–Crippen LogP) is 2.13. The maximum atomic E-state index is 11.7. The number of hydrogen-bond acceptors (Lipinski definition) is 4. The second-order valence-electron chi connectivity index (χ2n) is 4.00. The van der Waals surface area contributed by atoms with E-state index in [0.717, 1.165) is 5.57 Å². The van der Waals surface area contributed by atoms with Crippen LogP contribution >= 0.6 is 0 Å². The van der Waals surface area contributed by atoms with Crippen molar-refractivity contribution in [1.29, 1.82) is 0 Å². The number of carboxylic acids is 1. The average Bonchev–Trinajstić information content (AvgIpc) is 2.37. The lowest BCUT2D eigenvalue weighted by molar-refractivity contribution is 0.0342. The molecule has 0 aliphatic rings. The minimum Gasteiger partial charge on any atom is -0.478 e. The zero-order valence-corrected chi connectivity index (χ0v) is 10.7. The number of esters is 1. The fourth-order valence-electron chi connectivity index (χ4n) is 1.37. The molecule has 0 radical (unpaired) electrons. The number of ether oxygens (including phenoxy) is 2. The van der Waals surface area contributed by atoms with Crippen molar-refractivity contribution in [1.82, 2.24) is 0 Å². The molecule has 0 fully saturated rings. The lowest BCUT2D eigenvalue weighted by atomic mass is 10.1. The highest BCUT2D eigenvalue weighted by Crippen LogP contribution is 2.10. The second-order valence-corrected chi connectivity index (χ2v) is 4.00. The minimum atomic E-state index is -1.16. The first-order valence-corrected chi connectivity index (χ1v) is 5.74. The molecule has 0 heterocycles. The summed E-state index contributed by atoms with van der Waals surface area (Å²) in [6.45, 7) is 6.22. The Kier molecular flexibility index (Phi) is 5.75. The van der Waals surface area contributed by atoms with Gasteiger partial charge in [0.25, 0.3) is 0 Å². The molecule has 0 spiro atoms. The van der Waals surface area contributed by atoms with Crippen LogP contribution in [-0.4, -0.2) is 36.9 Å². The van der Waals surface area contributed by atoms with Crippen molar-refractivity contribution >= 4 is 11.9 Å². The number of carbonyl (C=O) groups excluding carboxylic acids is 1. The zero-order chi connectivity index (χ0) is 14.3. The molecule has 1 aromatic rings. The molecule has 0 atom stereocenters. The number of benzene rings is 1. The molecule has 19 heavy (non-hydrogen) atoms. The highest BCUT2D eigenvalue weighted by Gasteiger charge is 2.16. The number of hydrogen-bond donors (Lipinski definition) is 1. The Hall–Kier alpha value is -2.14. The van der Waals surface area contributed by atoms with Crippen LogP contribution < -0.4 is 0 Å². The standard InChI is InChI=1S/C14H16O5/c1-10(2)9-18-7-8-19-14(17)12-6-4-3-5-11(12)13(15)16/h3-6H,1,7-9H2,2H3,(H,15,16). The highest BCUT2D eigenvalue weighted by molar-refractivity contribution is 6.02. The van der Waals surface area contributed by atoms with Crippen LogP contribution in [-0.2, 0) is 9.47 Å². The van der Waals surface area contributed by atoms with E-state index in [4.69, 9.17) is 14.6 Å². The summed E-state index contributed by atoms with van der Waals surface area (Å²) < 4.78 is 10.1. The molecule has 0 saturated carbocycles. The summed E-state index contributed by atoms with van der Waals surface area (Å²) in [5.41, 5.74) is 0.841. The van der Waals surface area contributed by atoms with Gasteiger partial charge in [0.1, 0.15) is 6.61 Å². The van der Waals surface area contributed by atoms with E-state index in [2.05, 4.69) is 6.58 Å². The molecule has 0 aromatic heterocycles. The summed E-state index contributed by atoms with van der Waals surface area (Å²) in [4.78, 5) is 22.6. The van der Waals surface area contributed by atoms with E-state index in [1.165, 1.54) is 12.1 Å². The van der Waals surface area contributed by atoms with E-state index in [1.54, 1.807) is 12.1 Å². The third-order valence-corrected chi connectivity index (χ3v) is 2.19. The smallest absolute Gasteiger partial charge is 0.339 e. The Bertz CT molecular complexity index is 478. The van der Waals surface area contributed by atoms with Crippen LogP contribution in [0.15, 0.2) is 36.4 Å². The van der Waals surface area contributed by atoms with Crippen LogP contribution in [0.1, 0.15) is 27.6 Å². The van der Waals surface area contributed by atoms with Crippen molar-refractivity contribution in [2.45, 2.75) is 6.92 Å². The van der Waals surface area contributed by atoms with E-state index in [-0.39, 0.29) is 24.3 Å². The number of carbonyl (C=O) groups is 2. The second kappa shape index (κ2) is 7.33. The monoisotopic (exact) mass is 264 g/mol. The van der Waals surface area contributed by atoms with Crippen molar-refractivity contribution in [3.63, 3.8) is 0 Å². The molecule has 0 unspecified atom stereocenters. The van der Waals surface area contributed by atoms with Crippen LogP contribution in [0.3, 0.4) is 0 Å². The maximum absolute atomic E-state index is 11.7. The van der Waals surface area contributed by atoms with Gasteiger partial charge in [-0.1, -0.05) is 24.3 Å². The van der Waals surface area contributed by atoms with Gasteiger partial charge in [-0.25, -0.2) is 9.59 Å². The first-order chi connectivity index (χ1) is 9.02. The molecule has 1 rings (SSSR count). The van der Waals surface area contributed by atoms with Crippen molar-refractivity contribution < 1.29 is 24.2 Å². The third kappa shape index (κ3) is 4.93. The normalized spacial score (nSPS) is 9.95. The minimum absolute atomic E-state index is 0.0369. The van der Waals surface area contributed by atoms with Crippen molar-refractivity contribution in [2.75, 3.05) is 19.8 Å². The quantitative estimate of drug-likeness (QED) is 0.464. The SMILES string of the molecule is C=C(C)COCCOC(=O)c1ccccc1C(=O)O. The van der Waals surface area contributed by atoms with Crippen LogP contribution in [0.4, 0.5) is 0 Å². The van der Waals surface area contributed by atoms with E-state index in [9.17, 15) is 9.59 Å².